The van der Waals surface area contributed by atoms with Crippen LogP contribution in [0.25, 0.3) is 0 Å². The van der Waals surface area contributed by atoms with Crippen molar-refractivity contribution in [2.45, 2.75) is 57.6 Å². The van der Waals surface area contributed by atoms with Crippen LogP contribution in [0.4, 0.5) is 0 Å². The average molecular weight is 377 g/mol. The Morgan fingerprint density at radius 1 is 1.25 bits per heavy atom. The first kappa shape index (κ1) is 21.5. The van der Waals surface area contributed by atoms with Crippen molar-refractivity contribution in [3.05, 3.63) is 12.2 Å². The largest absolute Gasteiger partial charge is 0.462 e. The number of hydrogen-bond donors (Lipinski definition) is 1. The lowest BCUT2D eigenvalue weighted by Crippen LogP contribution is -2.46. The molecule has 1 N–H and O–H groups in total. The highest BCUT2D eigenvalue weighted by Crippen LogP contribution is 2.22. The molecule has 24 heavy (non-hydrogen) atoms. The third-order valence-corrected chi connectivity index (χ3v) is 10.4. The summed E-state index contributed by atoms with van der Waals surface area (Å²) in [5.41, 5.74) is 0.388. The number of carbonyl (C=O) groups is 1. The lowest BCUT2D eigenvalue weighted by Gasteiger charge is -2.32. The Morgan fingerprint density at radius 2 is 1.88 bits per heavy atom. The molecule has 2 unspecified atom stereocenters. The molecule has 1 aliphatic heterocycles. The summed E-state index contributed by atoms with van der Waals surface area (Å²) >= 11 is 0. The van der Waals surface area contributed by atoms with Crippen LogP contribution in [0.15, 0.2) is 12.2 Å². The lowest BCUT2D eigenvalue weighted by atomic mass is 10.4. The SMILES string of the molecule is C=C(C)C(=O)OCCC[Si](C)(O)O[Si](C)(C)CCCOCC1CO1. The van der Waals surface area contributed by atoms with Gasteiger partial charge in [-0.1, -0.05) is 6.58 Å². The molecule has 1 aliphatic rings. The number of rotatable bonds is 13. The second-order valence-corrected chi connectivity index (χ2v) is 14.9. The van der Waals surface area contributed by atoms with E-state index in [1.807, 2.05) is 6.55 Å². The molecule has 0 radical (unpaired) electrons. The van der Waals surface area contributed by atoms with Gasteiger partial charge in [0.15, 0.2) is 8.32 Å². The van der Waals surface area contributed by atoms with Crippen molar-refractivity contribution >= 4 is 22.8 Å². The van der Waals surface area contributed by atoms with Crippen LogP contribution in [-0.2, 0) is 23.1 Å². The van der Waals surface area contributed by atoms with E-state index in [4.69, 9.17) is 18.3 Å². The first-order valence-corrected chi connectivity index (χ1v) is 14.2. The highest BCUT2D eigenvalue weighted by Gasteiger charge is 2.35. The van der Waals surface area contributed by atoms with Crippen LogP contribution in [-0.4, -0.2) is 60.2 Å². The van der Waals surface area contributed by atoms with E-state index in [1.54, 1.807) is 6.92 Å². The van der Waals surface area contributed by atoms with Gasteiger partial charge in [-0.05, 0) is 51.5 Å². The second-order valence-electron chi connectivity index (χ2n) is 7.19. The van der Waals surface area contributed by atoms with E-state index >= 15 is 0 Å². The van der Waals surface area contributed by atoms with E-state index in [0.29, 0.717) is 37.4 Å². The van der Waals surface area contributed by atoms with Crippen molar-refractivity contribution < 1.29 is 27.9 Å². The summed E-state index contributed by atoms with van der Waals surface area (Å²) in [6.45, 7) is 13.7. The molecule has 0 aromatic heterocycles. The van der Waals surface area contributed by atoms with Gasteiger partial charge in [0, 0.05) is 12.2 Å². The second kappa shape index (κ2) is 9.83. The maximum absolute atomic E-state index is 11.3. The van der Waals surface area contributed by atoms with Crippen LogP contribution < -0.4 is 0 Å². The molecule has 1 saturated heterocycles. The number of hydrogen-bond acceptors (Lipinski definition) is 6. The molecule has 0 amide bonds. The average Bonchev–Trinajstić information content (AvgIpc) is 3.25. The maximum atomic E-state index is 11.3. The summed E-state index contributed by atoms with van der Waals surface area (Å²) in [7, 11) is -4.65. The standard InChI is InChI=1S/C16H32O6Si2/c1-14(2)16(17)20-9-7-11-24(5,18)22-23(3,4)10-6-8-19-12-15-13-21-15/h15,18H,1,6-13H2,2-5H3. The molecule has 0 aromatic carbocycles. The zero-order chi connectivity index (χ0) is 18.2. The van der Waals surface area contributed by atoms with E-state index in [1.165, 1.54) is 0 Å². The van der Waals surface area contributed by atoms with Crippen LogP contribution in [0, 0.1) is 0 Å². The Bertz CT molecular complexity index is 421. The van der Waals surface area contributed by atoms with Crippen molar-refractivity contribution in [1.29, 1.82) is 0 Å². The highest BCUT2D eigenvalue weighted by atomic mass is 28.4. The van der Waals surface area contributed by atoms with Crippen LogP contribution in [0.5, 0.6) is 0 Å². The fourth-order valence-electron chi connectivity index (χ4n) is 2.36. The van der Waals surface area contributed by atoms with Crippen molar-refractivity contribution in [3.8, 4) is 0 Å². The first-order valence-electron chi connectivity index (χ1n) is 8.56. The predicted molar refractivity (Wildman–Crippen MR) is 97.6 cm³/mol. The quantitative estimate of drug-likeness (QED) is 0.175. The Morgan fingerprint density at radius 3 is 2.46 bits per heavy atom. The van der Waals surface area contributed by atoms with Crippen LogP contribution >= 0.6 is 0 Å². The number of ether oxygens (including phenoxy) is 3. The summed E-state index contributed by atoms with van der Waals surface area (Å²) in [4.78, 5) is 21.9. The normalized spacial score (nSPS) is 19.6. The summed E-state index contributed by atoms with van der Waals surface area (Å²) in [5.74, 6) is -0.386. The van der Waals surface area contributed by atoms with E-state index in [0.717, 1.165) is 19.1 Å². The van der Waals surface area contributed by atoms with Gasteiger partial charge in [0.2, 0.25) is 0 Å². The Kier molecular flexibility index (Phi) is 8.82. The van der Waals surface area contributed by atoms with Crippen LogP contribution in [0.3, 0.4) is 0 Å². The van der Waals surface area contributed by atoms with Gasteiger partial charge < -0.3 is 23.1 Å². The minimum atomic E-state index is -2.73. The molecule has 8 heteroatoms. The Balaban J connectivity index is 2.16. The summed E-state index contributed by atoms with van der Waals surface area (Å²) in [6, 6.07) is 1.51. The molecule has 0 saturated carbocycles. The molecule has 2 atom stereocenters. The zero-order valence-corrected chi connectivity index (χ0v) is 17.4. The van der Waals surface area contributed by atoms with Gasteiger partial charge >= 0.3 is 14.5 Å². The molecule has 0 aliphatic carbocycles. The Hall–Kier alpha value is -0.516. The third-order valence-electron chi connectivity index (χ3n) is 3.64. The van der Waals surface area contributed by atoms with Crippen LogP contribution in [0.2, 0.25) is 31.7 Å². The molecule has 0 spiro atoms. The number of carbonyl (C=O) groups excluding carboxylic acids is 1. The van der Waals surface area contributed by atoms with Gasteiger partial charge in [0.25, 0.3) is 0 Å². The monoisotopic (exact) mass is 376 g/mol. The molecular weight excluding hydrogens is 344 g/mol. The molecule has 1 rings (SSSR count). The molecule has 140 valence electrons. The molecule has 1 heterocycles. The van der Waals surface area contributed by atoms with E-state index in [-0.39, 0.29) is 12.6 Å². The lowest BCUT2D eigenvalue weighted by molar-refractivity contribution is -0.138. The van der Waals surface area contributed by atoms with Gasteiger partial charge in [-0.15, -0.1) is 0 Å². The molecule has 0 bridgehead atoms. The van der Waals surface area contributed by atoms with Gasteiger partial charge in [0.05, 0.1) is 19.8 Å². The summed E-state index contributed by atoms with van der Waals surface area (Å²) < 4.78 is 21.8. The topological polar surface area (TPSA) is 77.5 Å². The first-order chi connectivity index (χ1) is 11.1. The molecule has 0 aromatic rings. The van der Waals surface area contributed by atoms with Crippen molar-refractivity contribution in [3.63, 3.8) is 0 Å². The Labute approximate surface area is 147 Å². The highest BCUT2D eigenvalue weighted by molar-refractivity contribution is 6.82. The van der Waals surface area contributed by atoms with Gasteiger partial charge in [-0.3, -0.25) is 0 Å². The van der Waals surface area contributed by atoms with E-state index in [9.17, 15) is 9.59 Å². The molecular formula is C16H32O6Si2. The fraction of sp³-hybridized carbons (Fsp3) is 0.812. The van der Waals surface area contributed by atoms with Gasteiger partial charge in [0.1, 0.15) is 6.10 Å². The molecule has 6 nitrogen and oxygen atoms in total. The number of epoxide rings is 1. The number of esters is 1. The fourth-order valence-corrected chi connectivity index (χ4v) is 9.74. The van der Waals surface area contributed by atoms with Crippen molar-refractivity contribution in [1.82, 2.24) is 0 Å². The smallest absolute Gasteiger partial charge is 0.333 e. The molecule has 1 fully saturated rings. The van der Waals surface area contributed by atoms with E-state index in [2.05, 4.69) is 19.7 Å². The zero-order valence-electron chi connectivity index (χ0n) is 15.4. The van der Waals surface area contributed by atoms with Gasteiger partial charge in [-0.2, -0.15) is 0 Å². The minimum Gasteiger partial charge on any atom is -0.462 e. The van der Waals surface area contributed by atoms with Gasteiger partial charge in [-0.25, -0.2) is 4.79 Å². The summed E-state index contributed by atoms with van der Waals surface area (Å²) in [6.07, 6.45) is 1.85. The third kappa shape index (κ3) is 10.4. The summed E-state index contributed by atoms with van der Waals surface area (Å²) in [5, 5.41) is 0. The van der Waals surface area contributed by atoms with Crippen LogP contribution in [0.1, 0.15) is 19.8 Å². The maximum Gasteiger partial charge on any atom is 0.333 e. The predicted octanol–water partition coefficient (Wildman–Crippen LogP) is 2.59. The van der Waals surface area contributed by atoms with E-state index < -0.39 is 16.9 Å². The minimum absolute atomic E-state index is 0.289. The van der Waals surface area contributed by atoms with Crippen molar-refractivity contribution in [2.75, 3.05) is 26.4 Å². The van der Waals surface area contributed by atoms with Crippen molar-refractivity contribution in [2.24, 2.45) is 0 Å².